The number of aromatic nitrogens is 2. The molecular formula is C14H20N4O. The Morgan fingerprint density at radius 2 is 1.95 bits per heavy atom. The normalized spacial score (nSPS) is 12.7. The zero-order chi connectivity index (χ0) is 13.8. The highest BCUT2D eigenvalue weighted by molar-refractivity contribution is 5.32. The molecule has 0 aliphatic carbocycles. The van der Waals surface area contributed by atoms with E-state index in [-0.39, 0.29) is 12.1 Å². The van der Waals surface area contributed by atoms with Crippen LogP contribution in [0.1, 0.15) is 31.3 Å². The van der Waals surface area contributed by atoms with E-state index in [9.17, 15) is 0 Å². The summed E-state index contributed by atoms with van der Waals surface area (Å²) in [5.74, 6) is 7.38. The van der Waals surface area contributed by atoms with E-state index in [4.69, 9.17) is 10.6 Å². The Morgan fingerprint density at radius 1 is 1.26 bits per heavy atom. The molecule has 2 rings (SSSR count). The summed E-state index contributed by atoms with van der Waals surface area (Å²) < 4.78 is 7.57. The van der Waals surface area contributed by atoms with Crippen LogP contribution in [0.2, 0.25) is 0 Å². The molecule has 0 bridgehead atoms. The fourth-order valence-corrected chi connectivity index (χ4v) is 1.99. The largest absolute Gasteiger partial charge is 0.491 e. The van der Waals surface area contributed by atoms with Crippen LogP contribution in [0.3, 0.4) is 0 Å². The zero-order valence-electron chi connectivity index (χ0n) is 11.5. The minimum atomic E-state index is -0.131. The highest BCUT2D eigenvalue weighted by atomic mass is 16.5. The molecule has 0 spiro atoms. The monoisotopic (exact) mass is 260 g/mol. The van der Waals surface area contributed by atoms with Crippen molar-refractivity contribution in [1.82, 2.24) is 15.0 Å². The highest BCUT2D eigenvalue weighted by Crippen LogP contribution is 2.22. The fourth-order valence-electron chi connectivity index (χ4n) is 1.99. The first-order chi connectivity index (χ1) is 9.11. The van der Waals surface area contributed by atoms with Crippen LogP contribution in [0.5, 0.6) is 5.75 Å². The first-order valence-electron chi connectivity index (χ1n) is 6.31. The van der Waals surface area contributed by atoms with Crippen molar-refractivity contribution in [2.75, 3.05) is 0 Å². The van der Waals surface area contributed by atoms with Gasteiger partial charge < -0.3 is 9.30 Å². The van der Waals surface area contributed by atoms with Gasteiger partial charge in [0.1, 0.15) is 17.6 Å². The Balaban J connectivity index is 2.22. The Kier molecular flexibility index (Phi) is 4.19. The maximum Gasteiger partial charge on any atom is 0.131 e. The number of nitrogens with one attached hydrogen (secondary N) is 1. The quantitative estimate of drug-likeness (QED) is 0.635. The molecule has 5 heteroatoms. The molecule has 0 amide bonds. The average Bonchev–Trinajstić information content (AvgIpc) is 2.78. The lowest BCUT2D eigenvalue weighted by atomic mass is 10.1. The molecule has 0 saturated carbocycles. The molecule has 1 atom stereocenters. The number of rotatable bonds is 5. The molecular weight excluding hydrogens is 240 g/mol. The number of imidazole rings is 1. The van der Waals surface area contributed by atoms with Gasteiger partial charge in [-0.15, -0.1) is 0 Å². The van der Waals surface area contributed by atoms with Gasteiger partial charge in [0.25, 0.3) is 0 Å². The lowest BCUT2D eigenvalue weighted by Crippen LogP contribution is -2.30. The average molecular weight is 260 g/mol. The summed E-state index contributed by atoms with van der Waals surface area (Å²) in [6.07, 6.45) is 3.83. The second-order valence-corrected chi connectivity index (χ2v) is 4.73. The molecule has 5 nitrogen and oxygen atoms in total. The van der Waals surface area contributed by atoms with Crippen LogP contribution < -0.4 is 16.0 Å². The van der Waals surface area contributed by atoms with Crippen molar-refractivity contribution in [3.63, 3.8) is 0 Å². The van der Waals surface area contributed by atoms with Gasteiger partial charge in [-0.05, 0) is 31.5 Å². The van der Waals surface area contributed by atoms with E-state index in [0.717, 1.165) is 17.1 Å². The second kappa shape index (κ2) is 5.86. The van der Waals surface area contributed by atoms with E-state index >= 15 is 0 Å². The van der Waals surface area contributed by atoms with Crippen molar-refractivity contribution < 1.29 is 4.74 Å². The summed E-state index contributed by atoms with van der Waals surface area (Å²) in [6, 6.07) is 7.76. The Bertz CT molecular complexity index is 518. The molecule has 3 N–H and O–H groups in total. The number of benzene rings is 1. The molecule has 0 saturated heterocycles. The van der Waals surface area contributed by atoms with Crippen molar-refractivity contribution in [2.45, 2.75) is 26.0 Å². The van der Waals surface area contributed by atoms with Crippen LogP contribution in [-0.2, 0) is 7.05 Å². The van der Waals surface area contributed by atoms with Crippen LogP contribution in [-0.4, -0.2) is 15.7 Å². The molecule has 0 radical (unpaired) electrons. The van der Waals surface area contributed by atoms with Gasteiger partial charge in [0.05, 0.1) is 6.10 Å². The number of ether oxygens (including phenoxy) is 1. The van der Waals surface area contributed by atoms with Crippen molar-refractivity contribution in [2.24, 2.45) is 12.9 Å². The number of hydrazine groups is 1. The Morgan fingerprint density at radius 3 is 2.42 bits per heavy atom. The number of nitrogens with zero attached hydrogens (tertiary/aromatic N) is 2. The van der Waals surface area contributed by atoms with Gasteiger partial charge in [0, 0.05) is 19.4 Å². The molecule has 0 aliphatic heterocycles. The van der Waals surface area contributed by atoms with Crippen LogP contribution in [0.15, 0.2) is 36.7 Å². The lowest BCUT2D eigenvalue weighted by Gasteiger charge is -2.17. The molecule has 0 fully saturated rings. The third kappa shape index (κ3) is 3.13. The topological polar surface area (TPSA) is 65.1 Å². The summed E-state index contributed by atoms with van der Waals surface area (Å²) in [5, 5.41) is 0. The molecule has 1 heterocycles. The van der Waals surface area contributed by atoms with Gasteiger partial charge >= 0.3 is 0 Å². The van der Waals surface area contributed by atoms with E-state index < -0.39 is 0 Å². The van der Waals surface area contributed by atoms with Gasteiger partial charge in [-0.25, -0.2) is 10.4 Å². The number of nitrogens with two attached hydrogens (primary N) is 1. The minimum absolute atomic E-state index is 0.131. The Labute approximate surface area is 113 Å². The number of aryl methyl sites for hydroxylation is 1. The van der Waals surface area contributed by atoms with E-state index in [1.54, 1.807) is 6.20 Å². The third-order valence-corrected chi connectivity index (χ3v) is 2.87. The first kappa shape index (κ1) is 13.6. The van der Waals surface area contributed by atoms with E-state index in [2.05, 4.69) is 10.4 Å². The van der Waals surface area contributed by atoms with Gasteiger partial charge in [-0.2, -0.15) is 0 Å². The van der Waals surface area contributed by atoms with Crippen LogP contribution in [0, 0.1) is 0 Å². The molecule has 19 heavy (non-hydrogen) atoms. The van der Waals surface area contributed by atoms with Crippen LogP contribution >= 0.6 is 0 Å². The van der Waals surface area contributed by atoms with E-state index in [0.29, 0.717) is 0 Å². The van der Waals surface area contributed by atoms with Crippen molar-refractivity contribution in [1.29, 1.82) is 0 Å². The van der Waals surface area contributed by atoms with Gasteiger partial charge in [-0.3, -0.25) is 5.84 Å². The SMILES string of the molecule is CC(C)Oc1ccc(C(NN)c2nccn2C)cc1. The van der Waals surface area contributed by atoms with E-state index in [1.165, 1.54) is 0 Å². The van der Waals surface area contributed by atoms with Crippen molar-refractivity contribution in [3.05, 3.63) is 48.0 Å². The summed E-state index contributed by atoms with van der Waals surface area (Å²) in [6.45, 7) is 4.01. The standard InChI is InChI=1S/C14H20N4O/c1-10(2)19-12-6-4-11(5-7-12)13(17-15)14-16-8-9-18(14)3/h4-10,13,17H,15H2,1-3H3. The number of hydrogen-bond donors (Lipinski definition) is 2. The maximum atomic E-state index is 5.65. The first-order valence-corrected chi connectivity index (χ1v) is 6.31. The molecule has 1 aromatic carbocycles. The van der Waals surface area contributed by atoms with E-state index in [1.807, 2.05) is 55.9 Å². The van der Waals surface area contributed by atoms with Crippen molar-refractivity contribution >= 4 is 0 Å². The molecule has 1 unspecified atom stereocenters. The minimum Gasteiger partial charge on any atom is -0.491 e. The third-order valence-electron chi connectivity index (χ3n) is 2.87. The second-order valence-electron chi connectivity index (χ2n) is 4.73. The lowest BCUT2D eigenvalue weighted by molar-refractivity contribution is 0.242. The molecule has 1 aromatic heterocycles. The van der Waals surface area contributed by atoms with Crippen LogP contribution in [0.25, 0.3) is 0 Å². The summed E-state index contributed by atoms with van der Waals surface area (Å²) in [7, 11) is 1.95. The van der Waals surface area contributed by atoms with Gasteiger partial charge in [0.2, 0.25) is 0 Å². The molecule has 102 valence electrons. The van der Waals surface area contributed by atoms with Gasteiger partial charge in [0.15, 0.2) is 0 Å². The fraction of sp³-hybridized carbons (Fsp3) is 0.357. The summed E-state index contributed by atoms with van der Waals surface area (Å²) >= 11 is 0. The smallest absolute Gasteiger partial charge is 0.131 e. The number of hydrogen-bond acceptors (Lipinski definition) is 4. The van der Waals surface area contributed by atoms with Crippen molar-refractivity contribution in [3.8, 4) is 5.75 Å². The zero-order valence-corrected chi connectivity index (χ0v) is 11.5. The molecule has 0 aliphatic rings. The highest BCUT2D eigenvalue weighted by Gasteiger charge is 2.16. The Hall–Kier alpha value is -1.85. The predicted molar refractivity (Wildman–Crippen MR) is 74.6 cm³/mol. The van der Waals surface area contributed by atoms with Gasteiger partial charge in [-0.1, -0.05) is 12.1 Å². The maximum absolute atomic E-state index is 5.65. The summed E-state index contributed by atoms with van der Waals surface area (Å²) in [5.41, 5.74) is 3.85. The summed E-state index contributed by atoms with van der Waals surface area (Å²) in [4.78, 5) is 4.32. The predicted octanol–water partition coefficient (Wildman–Crippen LogP) is 1.76. The molecule has 2 aromatic rings. The van der Waals surface area contributed by atoms with Crippen LogP contribution in [0.4, 0.5) is 0 Å².